The van der Waals surface area contributed by atoms with Crippen LogP contribution in [-0.2, 0) is 17.6 Å². The van der Waals surface area contributed by atoms with Gasteiger partial charge in [-0.15, -0.1) is 0 Å². The molecule has 2 N–H and O–H groups in total. The van der Waals surface area contributed by atoms with Crippen LogP contribution in [0.4, 0.5) is 5.69 Å². The van der Waals surface area contributed by atoms with Crippen LogP contribution in [0.5, 0.6) is 0 Å². The highest BCUT2D eigenvalue weighted by Gasteiger charge is 2.42. The second-order valence-electron chi connectivity index (χ2n) is 11.4. The van der Waals surface area contributed by atoms with Crippen molar-refractivity contribution in [1.29, 1.82) is 0 Å². The normalized spacial score (nSPS) is 16.9. The SMILES string of the molecule is Cc1ccc(C(Nc2ccc3c(c2)Cc2ccccc2C3(O)c2ccccc2)(c2ccccc2)c2ccccc2Cl)cc1. The van der Waals surface area contributed by atoms with Crippen molar-refractivity contribution >= 4 is 17.3 Å². The summed E-state index contributed by atoms with van der Waals surface area (Å²) in [5.41, 5.74) is 8.15. The van der Waals surface area contributed by atoms with Gasteiger partial charge in [0.05, 0.1) is 0 Å². The van der Waals surface area contributed by atoms with Crippen LogP contribution in [0.15, 0.2) is 152 Å². The first-order valence-electron chi connectivity index (χ1n) is 14.7. The molecule has 0 aliphatic heterocycles. The molecule has 0 amide bonds. The molecule has 2 nitrogen and oxygen atoms in total. The maximum absolute atomic E-state index is 12.5. The fourth-order valence-electron chi connectivity index (χ4n) is 6.70. The van der Waals surface area contributed by atoms with Crippen molar-refractivity contribution < 1.29 is 5.11 Å². The second kappa shape index (κ2) is 10.9. The summed E-state index contributed by atoms with van der Waals surface area (Å²) in [6, 6.07) is 51.8. The molecule has 0 aromatic heterocycles. The molecule has 0 heterocycles. The minimum Gasteiger partial charge on any atom is -0.376 e. The first-order valence-corrected chi connectivity index (χ1v) is 15.0. The van der Waals surface area contributed by atoms with Crippen molar-refractivity contribution in [1.82, 2.24) is 0 Å². The van der Waals surface area contributed by atoms with Gasteiger partial charge in [0.1, 0.15) is 11.1 Å². The molecule has 0 saturated carbocycles. The van der Waals surface area contributed by atoms with Gasteiger partial charge in [0.15, 0.2) is 0 Å². The van der Waals surface area contributed by atoms with Gasteiger partial charge in [-0.3, -0.25) is 0 Å². The largest absolute Gasteiger partial charge is 0.376 e. The van der Waals surface area contributed by atoms with Crippen LogP contribution in [0.3, 0.4) is 0 Å². The zero-order valence-electron chi connectivity index (χ0n) is 24.0. The van der Waals surface area contributed by atoms with E-state index in [2.05, 4.69) is 91.1 Å². The first kappa shape index (κ1) is 27.2. The third kappa shape index (κ3) is 4.55. The van der Waals surface area contributed by atoms with Crippen molar-refractivity contribution in [3.8, 4) is 0 Å². The van der Waals surface area contributed by atoms with Gasteiger partial charge in [-0.05, 0) is 70.5 Å². The lowest BCUT2D eigenvalue weighted by Gasteiger charge is -2.40. The molecular formula is C40H32ClNO. The molecule has 7 rings (SSSR count). The Morgan fingerprint density at radius 3 is 1.98 bits per heavy atom. The van der Waals surface area contributed by atoms with E-state index in [9.17, 15) is 5.11 Å². The van der Waals surface area contributed by atoms with Gasteiger partial charge in [-0.25, -0.2) is 0 Å². The molecule has 0 bridgehead atoms. The number of fused-ring (bicyclic) bond motifs is 2. The Bertz CT molecular complexity index is 1900. The molecule has 1 aliphatic rings. The van der Waals surface area contributed by atoms with Gasteiger partial charge >= 0.3 is 0 Å². The smallest absolute Gasteiger partial charge is 0.141 e. The van der Waals surface area contributed by atoms with Crippen molar-refractivity contribution in [3.05, 3.63) is 207 Å². The van der Waals surface area contributed by atoms with E-state index in [4.69, 9.17) is 11.6 Å². The molecule has 6 aromatic rings. The van der Waals surface area contributed by atoms with E-state index in [0.717, 1.165) is 56.6 Å². The van der Waals surface area contributed by atoms with Crippen molar-refractivity contribution in [2.75, 3.05) is 5.32 Å². The number of nitrogens with one attached hydrogen (secondary N) is 1. The summed E-state index contributed by atoms with van der Waals surface area (Å²) in [7, 11) is 0. The molecule has 0 spiro atoms. The summed E-state index contributed by atoms with van der Waals surface area (Å²) in [6.45, 7) is 2.10. The monoisotopic (exact) mass is 577 g/mol. The Morgan fingerprint density at radius 2 is 1.23 bits per heavy atom. The summed E-state index contributed by atoms with van der Waals surface area (Å²) in [6.07, 6.45) is 0.727. The van der Waals surface area contributed by atoms with E-state index >= 15 is 0 Å². The van der Waals surface area contributed by atoms with Gasteiger partial charge in [-0.2, -0.15) is 0 Å². The number of rotatable bonds is 6. The van der Waals surface area contributed by atoms with Crippen LogP contribution in [0.1, 0.15) is 50.1 Å². The minimum atomic E-state index is -1.25. The molecule has 0 radical (unpaired) electrons. The average Bonchev–Trinajstić information content (AvgIpc) is 3.05. The van der Waals surface area contributed by atoms with Crippen molar-refractivity contribution in [2.45, 2.75) is 24.5 Å². The summed E-state index contributed by atoms with van der Waals surface area (Å²) >= 11 is 7.01. The molecule has 3 heteroatoms. The highest BCUT2D eigenvalue weighted by molar-refractivity contribution is 6.31. The molecule has 1 aliphatic carbocycles. The number of hydrogen-bond acceptors (Lipinski definition) is 2. The Morgan fingerprint density at radius 1 is 0.628 bits per heavy atom. The predicted molar refractivity (Wildman–Crippen MR) is 177 cm³/mol. The molecule has 0 saturated heterocycles. The lowest BCUT2D eigenvalue weighted by atomic mass is 9.71. The molecule has 6 aromatic carbocycles. The number of hydrogen-bond donors (Lipinski definition) is 2. The predicted octanol–water partition coefficient (Wildman–Crippen LogP) is 9.24. The third-order valence-electron chi connectivity index (χ3n) is 8.78. The Hall–Kier alpha value is -4.63. The lowest BCUT2D eigenvalue weighted by molar-refractivity contribution is 0.121. The first-order chi connectivity index (χ1) is 21.0. The molecular weight excluding hydrogens is 546 g/mol. The average molecular weight is 578 g/mol. The molecule has 2 unspecified atom stereocenters. The summed E-state index contributed by atoms with van der Waals surface area (Å²) in [5, 5.41) is 17.2. The van der Waals surface area contributed by atoms with E-state index in [1.807, 2.05) is 72.8 Å². The number of anilines is 1. The fourth-order valence-corrected chi connectivity index (χ4v) is 6.98. The van der Waals surface area contributed by atoms with Gasteiger partial charge in [0.2, 0.25) is 0 Å². The summed E-state index contributed by atoms with van der Waals surface area (Å²) in [4.78, 5) is 0. The van der Waals surface area contributed by atoms with E-state index in [0.29, 0.717) is 5.02 Å². The number of aryl methyl sites for hydroxylation is 1. The second-order valence-corrected chi connectivity index (χ2v) is 11.8. The number of benzene rings is 6. The van der Waals surface area contributed by atoms with Gasteiger partial charge in [-0.1, -0.05) is 151 Å². The quantitative estimate of drug-likeness (QED) is 0.193. The van der Waals surface area contributed by atoms with Crippen LogP contribution < -0.4 is 5.32 Å². The lowest BCUT2D eigenvalue weighted by Crippen LogP contribution is -2.39. The number of halogens is 1. The highest BCUT2D eigenvalue weighted by atomic mass is 35.5. The van der Waals surface area contributed by atoms with Crippen LogP contribution in [0, 0.1) is 6.92 Å². The maximum Gasteiger partial charge on any atom is 0.141 e. The fraction of sp³-hybridized carbons (Fsp3) is 0.100. The maximum atomic E-state index is 12.5. The number of aliphatic hydroxyl groups is 1. The van der Waals surface area contributed by atoms with Gasteiger partial charge in [0, 0.05) is 16.3 Å². The van der Waals surface area contributed by atoms with Crippen molar-refractivity contribution in [3.63, 3.8) is 0 Å². The standard InChI is InChI=1S/C40H32ClNO/c1-28-20-22-32(23-21-28)39(31-13-4-2-5-14-31,37-18-10-11-19-38(37)41)42-34-24-25-36-30(27-34)26-29-12-8-9-17-35(29)40(36,43)33-15-6-3-7-16-33/h2-25,27,42-43H,26H2,1H3. The zero-order valence-corrected chi connectivity index (χ0v) is 24.7. The third-order valence-corrected chi connectivity index (χ3v) is 9.11. The summed E-state index contributed by atoms with van der Waals surface area (Å²) < 4.78 is 0. The van der Waals surface area contributed by atoms with Crippen LogP contribution in [0.2, 0.25) is 5.02 Å². The highest BCUT2D eigenvalue weighted by Crippen LogP contribution is 2.47. The topological polar surface area (TPSA) is 32.3 Å². The molecule has 0 fully saturated rings. The minimum absolute atomic E-state index is 0.685. The Balaban J connectivity index is 1.44. The van der Waals surface area contributed by atoms with Crippen LogP contribution in [-0.4, -0.2) is 5.11 Å². The molecule has 210 valence electrons. The van der Waals surface area contributed by atoms with E-state index < -0.39 is 11.1 Å². The van der Waals surface area contributed by atoms with E-state index in [1.165, 1.54) is 5.56 Å². The van der Waals surface area contributed by atoms with Crippen LogP contribution >= 0.6 is 11.6 Å². The summed E-state index contributed by atoms with van der Waals surface area (Å²) in [5.74, 6) is 0. The molecule has 43 heavy (non-hydrogen) atoms. The van der Waals surface area contributed by atoms with E-state index in [1.54, 1.807) is 0 Å². The van der Waals surface area contributed by atoms with Gasteiger partial charge in [0.25, 0.3) is 0 Å². The zero-order chi connectivity index (χ0) is 29.4. The van der Waals surface area contributed by atoms with Crippen molar-refractivity contribution in [2.24, 2.45) is 0 Å². The van der Waals surface area contributed by atoms with E-state index in [-0.39, 0.29) is 0 Å². The Labute approximate surface area is 258 Å². The van der Waals surface area contributed by atoms with Crippen LogP contribution in [0.25, 0.3) is 0 Å². The molecule has 2 atom stereocenters. The van der Waals surface area contributed by atoms with Gasteiger partial charge < -0.3 is 10.4 Å². The Kier molecular flexibility index (Phi) is 6.89.